The summed E-state index contributed by atoms with van der Waals surface area (Å²) in [5, 5.41) is 10.3. The molecule has 0 aromatic heterocycles. The van der Waals surface area contributed by atoms with E-state index in [2.05, 4.69) is 4.84 Å². The van der Waals surface area contributed by atoms with E-state index in [1.807, 2.05) is 5.00 Å². The molecule has 1 aromatic rings. The van der Waals surface area contributed by atoms with Gasteiger partial charge in [0, 0.05) is 23.9 Å². The first-order valence-electron chi connectivity index (χ1n) is 3.45. The van der Waals surface area contributed by atoms with E-state index >= 15 is 0 Å². The third-order valence-corrected chi connectivity index (χ3v) is 1.55. The van der Waals surface area contributed by atoms with Crippen LogP contribution in [0.4, 0.5) is 5.69 Å². The zero-order valence-electron chi connectivity index (χ0n) is 6.57. The lowest BCUT2D eigenvalue weighted by Crippen LogP contribution is -2.00. The maximum Gasteiger partial charge on any atom is 0.269 e. The average Bonchev–Trinajstić information content (AvgIpc) is 2.15. The van der Waals surface area contributed by atoms with Gasteiger partial charge in [0.1, 0.15) is 0 Å². The van der Waals surface area contributed by atoms with Crippen molar-refractivity contribution in [2.24, 2.45) is 0 Å². The second kappa shape index (κ2) is 4.76. The van der Waals surface area contributed by atoms with Gasteiger partial charge in [-0.2, -0.15) is 0 Å². The van der Waals surface area contributed by atoms with E-state index in [-0.39, 0.29) is 12.3 Å². The molecule has 5 nitrogen and oxygen atoms in total. The topological polar surface area (TPSA) is 64.4 Å². The molecule has 0 spiro atoms. The Labute approximate surface area is 79.5 Å². The molecule has 0 saturated carbocycles. The molecule has 0 saturated heterocycles. The maximum atomic E-state index is 10.3. The number of non-ortho nitro benzene ring substituents is 1. The summed E-state index contributed by atoms with van der Waals surface area (Å²) in [6.07, 6.45) is 0. The molecule has 0 aliphatic rings. The first-order chi connectivity index (χ1) is 6.24. The summed E-state index contributed by atoms with van der Waals surface area (Å²) in [6.45, 7) is 0.265. The first-order valence-corrected chi connectivity index (χ1v) is 3.82. The number of nitro groups is 1. The Balaban J connectivity index is 2.64. The summed E-state index contributed by atoms with van der Waals surface area (Å²) in [7, 11) is 0. The SMILES string of the molecule is O=[N+]([O-])c1ccc(CONCl)cc1. The van der Waals surface area contributed by atoms with Crippen LogP contribution in [-0.4, -0.2) is 4.92 Å². The van der Waals surface area contributed by atoms with Crippen LogP contribution in [0.15, 0.2) is 24.3 Å². The van der Waals surface area contributed by atoms with Gasteiger partial charge in [-0.3, -0.25) is 15.0 Å². The molecule has 1 aromatic carbocycles. The average molecular weight is 203 g/mol. The molecule has 0 unspecified atom stereocenters. The molecule has 0 atom stereocenters. The Bertz CT molecular complexity index is 288. The van der Waals surface area contributed by atoms with Crippen molar-refractivity contribution in [1.29, 1.82) is 0 Å². The van der Waals surface area contributed by atoms with Gasteiger partial charge in [-0.05, 0) is 17.7 Å². The summed E-state index contributed by atoms with van der Waals surface area (Å²) >= 11 is 5.05. The number of rotatable bonds is 4. The van der Waals surface area contributed by atoms with Crippen LogP contribution in [0, 0.1) is 10.1 Å². The Kier molecular flexibility index (Phi) is 3.63. The molecule has 0 fully saturated rings. The maximum absolute atomic E-state index is 10.3. The molecule has 13 heavy (non-hydrogen) atoms. The molecule has 0 aliphatic carbocycles. The van der Waals surface area contributed by atoms with Gasteiger partial charge >= 0.3 is 0 Å². The number of benzene rings is 1. The standard InChI is InChI=1S/C7H7ClN2O3/c8-9-13-5-6-1-3-7(4-2-6)10(11)12/h1-4,9H,5H2. The van der Waals surface area contributed by atoms with E-state index in [1.54, 1.807) is 12.1 Å². The number of nitro benzene ring substituents is 1. The van der Waals surface area contributed by atoms with Crippen LogP contribution in [0.5, 0.6) is 0 Å². The lowest BCUT2D eigenvalue weighted by atomic mass is 10.2. The van der Waals surface area contributed by atoms with Crippen molar-refractivity contribution in [2.45, 2.75) is 6.61 Å². The van der Waals surface area contributed by atoms with E-state index in [0.29, 0.717) is 0 Å². The van der Waals surface area contributed by atoms with Crippen molar-refractivity contribution in [3.05, 3.63) is 39.9 Å². The quantitative estimate of drug-likeness (QED) is 0.459. The lowest BCUT2D eigenvalue weighted by Gasteiger charge is -1.99. The largest absolute Gasteiger partial charge is 0.282 e. The van der Waals surface area contributed by atoms with Gasteiger partial charge in [0.25, 0.3) is 5.69 Å². The molecule has 1 N–H and O–H groups in total. The fourth-order valence-electron chi connectivity index (χ4n) is 0.824. The number of nitrogens with zero attached hydrogens (tertiary/aromatic N) is 1. The van der Waals surface area contributed by atoms with Crippen LogP contribution >= 0.6 is 11.8 Å². The van der Waals surface area contributed by atoms with Crippen molar-refractivity contribution in [3.8, 4) is 0 Å². The van der Waals surface area contributed by atoms with E-state index < -0.39 is 4.92 Å². The second-order valence-corrected chi connectivity index (χ2v) is 2.44. The molecular weight excluding hydrogens is 196 g/mol. The number of hydrogen-bond acceptors (Lipinski definition) is 4. The van der Waals surface area contributed by atoms with Crippen molar-refractivity contribution in [3.63, 3.8) is 0 Å². The lowest BCUT2D eigenvalue weighted by molar-refractivity contribution is -0.384. The van der Waals surface area contributed by atoms with Gasteiger partial charge in [0.15, 0.2) is 0 Å². The molecule has 70 valence electrons. The molecule has 0 bridgehead atoms. The third kappa shape index (κ3) is 2.98. The van der Waals surface area contributed by atoms with Crippen molar-refractivity contribution in [2.75, 3.05) is 0 Å². The summed E-state index contributed by atoms with van der Waals surface area (Å²) < 4.78 is 0. The van der Waals surface area contributed by atoms with Gasteiger partial charge < -0.3 is 0 Å². The fourth-order valence-corrected chi connectivity index (χ4v) is 0.879. The summed E-state index contributed by atoms with van der Waals surface area (Å²) in [5.74, 6) is 0. The molecular formula is C7H7ClN2O3. The minimum Gasteiger partial charge on any atom is -0.282 e. The fraction of sp³-hybridized carbons (Fsp3) is 0.143. The van der Waals surface area contributed by atoms with Gasteiger partial charge in [0.05, 0.1) is 11.5 Å². The van der Waals surface area contributed by atoms with Crippen LogP contribution in [0.2, 0.25) is 0 Å². The highest BCUT2D eigenvalue weighted by atomic mass is 35.5. The Hall–Kier alpha value is -1.17. The van der Waals surface area contributed by atoms with Gasteiger partial charge in [-0.15, -0.1) is 5.00 Å². The van der Waals surface area contributed by atoms with E-state index in [9.17, 15) is 10.1 Å². The Morgan fingerprint density at radius 1 is 1.46 bits per heavy atom. The Morgan fingerprint density at radius 2 is 2.08 bits per heavy atom. The number of hydrogen-bond donors (Lipinski definition) is 1. The Morgan fingerprint density at radius 3 is 2.54 bits per heavy atom. The van der Waals surface area contributed by atoms with Crippen LogP contribution in [-0.2, 0) is 11.4 Å². The smallest absolute Gasteiger partial charge is 0.269 e. The van der Waals surface area contributed by atoms with Crippen LogP contribution in [0.1, 0.15) is 5.56 Å². The predicted molar refractivity (Wildman–Crippen MR) is 46.9 cm³/mol. The van der Waals surface area contributed by atoms with E-state index in [4.69, 9.17) is 11.8 Å². The summed E-state index contributed by atoms with van der Waals surface area (Å²) in [5.41, 5.74) is 0.862. The minimum atomic E-state index is -0.454. The predicted octanol–water partition coefficient (Wildman–Crippen LogP) is 1.77. The molecule has 0 heterocycles. The highest BCUT2D eigenvalue weighted by Crippen LogP contribution is 2.12. The van der Waals surface area contributed by atoms with Crippen molar-refractivity contribution in [1.82, 2.24) is 5.00 Å². The molecule has 0 aliphatic heterocycles. The minimum absolute atomic E-state index is 0.0579. The summed E-state index contributed by atoms with van der Waals surface area (Å²) in [4.78, 5) is 16.5. The van der Waals surface area contributed by atoms with Crippen LogP contribution in [0.3, 0.4) is 0 Å². The number of nitrogens with one attached hydrogen (secondary N) is 1. The van der Waals surface area contributed by atoms with Crippen molar-refractivity contribution >= 4 is 17.5 Å². The van der Waals surface area contributed by atoms with Crippen LogP contribution in [0.25, 0.3) is 0 Å². The van der Waals surface area contributed by atoms with Gasteiger partial charge in [-0.25, -0.2) is 0 Å². The molecule has 0 radical (unpaired) electrons. The first kappa shape index (κ1) is 9.91. The van der Waals surface area contributed by atoms with Crippen LogP contribution < -0.4 is 5.00 Å². The molecule has 0 amide bonds. The van der Waals surface area contributed by atoms with E-state index in [0.717, 1.165) is 5.56 Å². The number of halogens is 1. The zero-order chi connectivity index (χ0) is 9.68. The molecule has 6 heteroatoms. The highest BCUT2D eigenvalue weighted by molar-refractivity contribution is 6.12. The zero-order valence-corrected chi connectivity index (χ0v) is 7.32. The normalized spacial score (nSPS) is 9.92. The van der Waals surface area contributed by atoms with E-state index in [1.165, 1.54) is 12.1 Å². The van der Waals surface area contributed by atoms with Gasteiger partial charge in [0.2, 0.25) is 0 Å². The van der Waals surface area contributed by atoms with Crippen molar-refractivity contribution < 1.29 is 9.76 Å². The monoisotopic (exact) mass is 202 g/mol. The molecule has 1 rings (SSSR count). The van der Waals surface area contributed by atoms with Gasteiger partial charge in [-0.1, -0.05) is 0 Å². The third-order valence-electron chi connectivity index (χ3n) is 1.44. The second-order valence-electron chi connectivity index (χ2n) is 2.29. The summed E-state index contributed by atoms with van der Waals surface area (Å²) in [6, 6.07) is 6.03. The highest BCUT2D eigenvalue weighted by Gasteiger charge is 2.03.